The lowest BCUT2D eigenvalue weighted by atomic mass is 9.97. The van der Waals surface area contributed by atoms with Gasteiger partial charge >= 0.3 is 12.1 Å². The van der Waals surface area contributed by atoms with Crippen LogP contribution in [0.25, 0.3) is 0 Å². The Balaban J connectivity index is 1.10. The van der Waals surface area contributed by atoms with Crippen LogP contribution in [0, 0.1) is 0 Å². The summed E-state index contributed by atoms with van der Waals surface area (Å²) < 4.78 is 0. The van der Waals surface area contributed by atoms with Gasteiger partial charge in [-0.3, -0.25) is 4.79 Å². The molecule has 1 aromatic carbocycles. The number of likely N-dealkylation sites (tertiary alicyclic amines) is 3. The van der Waals surface area contributed by atoms with Crippen molar-refractivity contribution < 1.29 is 14.4 Å². The van der Waals surface area contributed by atoms with Crippen LogP contribution in [0.15, 0.2) is 52.7 Å². The summed E-state index contributed by atoms with van der Waals surface area (Å²) in [6, 6.07) is 7.58. The quantitative estimate of drug-likeness (QED) is 0.361. The number of nitrogens with zero attached hydrogens (tertiary/aromatic N) is 5. The summed E-state index contributed by atoms with van der Waals surface area (Å²) in [5.74, 6) is 0.00740. The molecule has 11 nitrogen and oxygen atoms in total. The number of para-hydroxylation sites is 1. The van der Waals surface area contributed by atoms with E-state index in [4.69, 9.17) is 0 Å². The van der Waals surface area contributed by atoms with E-state index in [9.17, 15) is 14.4 Å². The van der Waals surface area contributed by atoms with Crippen molar-refractivity contribution in [3.63, 3.8) is 0 Å². The van der Waals surface area contributed by atoms with Gasteiger partial charge in [0.15, 0.2) is 0 Å². The summed E-state index contributed by atoms with van der Waals surface area (Å²) in [5.41, 5.74) is 7.09. The molecule has 3 saturated heterocycles. The smallest absolute Gasteiger partial charge is 0.322 e. The molecule has 1 atom stereocenters. The zero-order chi connectivity index (χ0) is 32.6. The van der Waals surface area contributed by atoms with Gasteiger partial charge in [0, 0.05) is 56.9 Å². The molecule has 0 aromatic heterocycles. The van der Waals surface area contributed by atoms with Crippen LogP contribution in [0.3, 0.4) is 0 Å². The molecule has 6 rings (SSSR count). The number of amides is 5. The zero-order valence-corrected chi connectivity index (χ0v) is 28.0. The molecule has 5 amide bonds. The fraction of sp³-hybridized carbons (Fsp3) is 0.611. The van der Waals surface area contributed by atoms with E-state index in [1.807, 2.05) is 45.2 Å². The normalized spacial score (nSPS) is 23.0. The second-order valence-electron chi connectivity index (χ2n) is 13.7. The first kappa shape index (κ1) is 33.1. The van der Waals surface area contributed by atoms with E-state index in [0.29, 0.717) is 51.5 Å². The van der Waals surface area contributed by atoms with Crippen molar-refractivity contribution in [2.75, 3.05) is 51.1 Å². The van der Waals surface area contributed by atoms with Gasteiger partial charge in [0.05, 0.1) is 12.8 Å². The minimum atomic E-state index is -0.651. The van der Waals surface area contributed by atoms with Crippen LogP contribution in [0.2, 0.25) is 0 Å². The Bertz CT molecular complexity index is 1350. The molecule has 0 radical (unpaired) electrons. The lowest BCUT2D eigenvalue weighted by molar-refractivity contribution is -0.134. The highest BCUT2D eigenvalue weighted by Crippen LogP contribution is 2.28. The number of unbranched alkanes of at least 4 members (excludes halogenated alkanes) is 1. The van der Waals surface area contributed by atoms with E-state index in [-0.39, 0.29) is 24.0 Å². The summed E-state index contributed by atoms with van der Waals surface area (Å²) in [6.07, 6.45) is 15.7. The molecule has 47 heavy (non-hydrogen) atoms. The summed E-state index contributed by atoms with van der Waals surface area (Å²) >= 11 is 0. The van der Waals surface area contributed by atoms with Gasteiger partial charge < -0.3 is 35.7 Å². The molecular weight excluding hydrogens is 592 g/mol. The number of piperidine rings is 3. The predicted octanol–water partition coefficient (Wildman–Crippen LogP) is 4.69. The fourth-order valence-electron chi connectivity index (χ4n) is 7.70. The van der Waals surface area contributed by atoms with Crippen molar-refractivity contribution in [3.8, 4) is 0 Å². The summed E-state index contributed by atoms with van der Waals surface area (Å²) in [7, 11) is 0. The van der Waals surface area contributed by atoms with Crippen molar-refractivity contribution in [1.82, 2.24) is 30.3 Å². The number of hydrogen-bond donors (Lipinski definition) is 3. The zero-order valence-electron chi connectivity index (χ0n) is 28.0. The van der Waals surface area contributed by atoms with Gasteiger partial charge in [0.1, 0.15) is 6.04 Å². The standard InChI is InChI=1S/C36H52N8O3/c1-2-3-9-27(22-28-24-37-38-25-28)23-33(34(45)42-18-12-30(13-19-42)41-16-7-4-8-17-41)40-35(46)43-20-14-31(15-21-43)44-26-29-10-5-6-11-32(29)39-36(44)47/h5-6,9-11,22,24,30-31,33,38H,2-4,7-8,12-21,23,25-26H2,1H3,(H,39,47)(H,40,46)/b27-9+,28-22-. The minimum Gasteiger partial charge on any atom is -0.341 e. The number of fused-ring (bicyclic) bond motifs is 1. The topological polar surface area (TPSA) is 113 Å². The van der Waals surface area contributed by atoms with E-state index < -0.39 is 6.04 Å². The van der Waals surface area contributed by atoms with E-state index >= 15 is 0 Å². The second kappa shape index (κ2) is 15.8. The number of rotatable bonds is 9. The minimum absolute atomic E-state index is 0.00740. The molecule has 5 aliphatic heterocycles. The number of hydrogen-bond acceptors (Lipinski definition) is 6. The fourth-order valence-corrected chi connectivity index (χ4v) is 7.70. The third kappa shape index (κ3) is 8.36. The lowest BCUT2D eigenvalue weighted by Gasteiger charge is -2.42. The Hall–Kier alpha value is -3.86. The van der Waals surface area contributed by atoms with Crippen molar-refractivity contribution in [3.05, 3.63) is 53.1 Å². The van der Waals surface area contributed by atoms with Crippen LogP contribution in [0.5, 0.6) is 0 Å². The molecule has 3 fully saturated rings. The first-order valence-corrected chi connectivity index (χ1v) is 17.9. The molecule has 0 bridgehead atoms. The number of benzene rings is 1. The summed E-state index contributed by atoms with van der Waals surface area (Å²) in [5, 5.41) is 10.3. The Morgan fingerprint density at radius 1 is 0.979 bits per heavy atom. The van der Waals surface area contributed by atoms with Crippen molar-refractivity contribution in [1.29, 1.82) is 0 Å². The molecule has 11 heteroatoms. The van der Waals surface area contributed by atoms with Gasteiger partial charge in [0.2, 0.25) is 5.91 Å². The van der Waals surface area contributed by atoms with E-state index in [1.54, 1.807) is 0 Å². The lowest BCUT2D eigenvalue weighted by Crippen LogP contribution is -2.57. The highest BCUT2D eigenvalue weighted by atomic mass is 16.2. The molecule has 5 heterocycles. The first-order valence-electron chi connectivity index (χ1n) is 17.9. The Kier molecular flexibility index (Phi) is 11.1. The van der Waals surface area contributed by atoms with Crippen LogP contribution in [-0.2, 0) is 11.3 Å². The van der Waals surface area contributed by atoms with Gasteiger partial charge in [-0.05, 0) is 80.8 Å². The Morgan fingerprint density at radius 3 is 2.43 bits per heavy atom. The van der Waals surface area contributed by atoms with E-state index in [0.717, 1.165) is 61.2 Å². The molecule has 1 aromatic rings. The number of carbonyl (C=O) groups is 3. The molecule has 5 aliphatic rings. The van der Waals surface area contributed by atoms with Crippen LogP contribution >= 0.6 is 0 Å². The third-order valence-corrected chi connectivity index (χ3v) is 10.4. The SMILES string of the molecule is CCC/C=C(\C=C1\C=NNC1)CC(NC(=O)N1CCC(N2Cc3ccccc3NC2=O)CC1)C(=O)N1CCC(N2CCCCC2)CC1. The molecule has 1 unspecified atom stereocenters. The van der Waals surface area contributed by atoms with Crippen LogP contribution in [0.1, 0.15) is 76.7 Å². The number of urea groups is 2. The van der Waals surface area contributed by atoms with Crippen molar-refractivity contribution in [2.24, 2.45) is 5.10 Å². The van der Waals surface area contributed by atoms with Crippen LogP contribution in [-0.4, -0.2) is 108 Å². The maximum atomic E-state index is 14.2. The van der Waals surface area contributed by atoms with Gasteiger partial charge in [0.25, 0.3) is 0 Å². The summed E-state index contributed by atoms with van der Waals surface area (Å²) in [6.45, 7) is 8.25. The average molecular weight is 645 g/mol. The number of anilines is 1. The molecule has 0 spiro atoms. The van der Waals surface area contributed by atoms with Gasteiger partial charge in [-0.2, -0.15) is 5.10 Å². The van der Waals surface area contributed by atoms with Crippen LogP contribution in [0.4, 0.5) is 15.3 Å². The third-order valence-electron chi connectivity index (χ3n) is 10.4. The van der Waals surface area contributed by atoms with Crippen LogP contribution < -0.4 is 16.1 Å². The highest BCUT2D eigenvalue weighted by Gasteiger charge is 2.35. The molecular formula is C36H52N8O3. The van der Waals surface area contributed by atoms with Gasteiger partial charge in [-0.15, -0.1) is 0 Å². The van der Waals surface area contributed by atoms with Gasteiger partial charge in [-0.25, -0.2) is 9.59 Å². The maximum absolute atomic E-state index is 14.2. The van der Waals surface area contributed by atoms with E-state index in [2.05, 4.69) is 45.1 Å². The monoisotopic (exact) mass is 644 g/mol. The highest BCUT2D eigenvalue weighted by molar-refractivity contribution is 5.92. The largest absolute Gasteiger partial charge is 0.341 e. The summed E-state index contributed by atoms with van der Waals surface area (Å²) in [4.78, 5) is 49.2. The average Bonchev–Trinajstić information content (AvgIpc) is 3.63. The second-order valence-corrected chi connectivity index (χ2v) is 13.7. The Morgan fingerprint density at radius 2 is 1.70 bits per heavy atom. The molecule has 3 N–H and O–H groups in total. The molecule has 0 aliphatic carbocycles. The van der Waals surface area contributed by atoms with Gasteiger partial charge in [-0.1, -0.05) is 50.1 Å². The van der Waals surface area contributed by atoms with Crippen molar-refractivity contribution >= 4 is 29.9 Å². The number of hydrazone groups is 1. The maximum Gasteiger partial charge on any atom is 0.322 e. The van der Waals surface area contributed by atoms with Crippen molar-refractivity contribution in [2.45, 2.75) is 95.8 Å². The number of nitrogens with one attached hydrogen (secondary N) is 3. The molecule has 254 valence electrons. The van der Waals surface area contributed by atoms with E-state index in [1.165, 1.54) is 32.4 Å². The number of allylic oxidation sites excluding steroid dienone is 2. The first-order chi connectivity index (χ1) is 23.0. The number of carbonyl (C=O) groups excluding carboxylic acids is 3. The molecule has 0 saturated carbocycles. The predicted molar refractivity (Wildman–Crippen MR) is 185 cm³/mol. The Labute approximate surface area is 279 Å².